The molecule has 6 heteroatoms. The molecule has 0 unspecified atom stereocenters. The molecule has 0 aromatic heterocycles. The molecule has 0 aliphatic carbocycles. The molecule has 0 saturated heterocycles. The van der Waals surface area contributed by atoms with E-state index in [0.717, 1.165) is 16.8 Å². The van der Waals surface area contributed by atoms with Crippen LogP contribution in [0.15, 0.2) is 42.5 Å². The third kappa shape index (κ3) is 5.17. The molecule has 0 spiro atoms. The van der Waals surface area contributed by atoms with Crippen LogP contribution in [0.25, 0.3) is 0 Å². The van der Waals surface area contributed by atoms with Crippen molar-refractivity contribution in [2.24, 2.45) is 0 Å². The normalized spacial score (nSPS) is 10.2. The molecule has 0 fully saturated rings. The molecule has 0 saturated carbocycles. The van der Waals surface area contributed by atoms with E-state index in [9.17, 15) is 14.4 Å². The number of aryl methyl sites for hydroxylation is 2. The number of ether oxygens (including phenoxy) is 1. The summed E-state index contributed by atoms with van der Waals surface area (Å²) in [5, 5.41) is 2.75. The van der Waals surface area contributed by atoms with Crippen LogP contribution in [0.4, 0.5) is 11.4 Å². The molecule has 27 heavy (non-hydrogen) atoms. The number of hydrogen-bond donors (Lipinski definition) is 1. The van der Waals surface area contributed by atoms with Gasteiger partial charge in [0.1, 0.15) is 0 Å². The molecule has 0 heterocycles. The Bertz CT molecular complexity index is 841. The van der Waals surface area contributed by atoms with Gasteiger partial charge in [0, 0.05) is 31.3 Å². The molecule has 2 rings (SSSR count). The third-order valence-corrected chi connectivity index (χ3v) is 4.22. The zero-order valence-electron chi connectivity index (χ0n) is 16.0. The topological polar surface area (TPSA) is 75.7 Å². The molecule has 0 radical (unpaired) electrons. The highest BCUT2D eigenvalue weighted by atomic mass is 16.5. The predicted octanol–water partition coefficient (Wildman–Crippen LogP) is 3.47. The second-order valence-electron chi connectivity index (χ2n) is 6.28. The van der Waals surface area contributed by atoms with E-state index in [-0.39, 0.29) is 24.8 Å². The second kappa shape index (κ2) is 8.98. The van der Waals surface area contributed by atoms with Crippen LogP contribution in [0.5, 0.6) is 0 Å². The molecule has 2 amide bonds. The minimum atomic E-state index is -0.469. The number of rotatable bonds is 6. The average Bonchev–Trinajstić information content (AvgIpc) is 2.63. The van der Waals surface area contributed by atoms with Crippen molar-refractivity contribution in [1.29, 1.82) is 0 Å². The van der Waals surface area contributed by atoms with Crippen LogP contribution in [0.2, 0.25) is 0 Å². The minimum Gasteiger partial charge on any atom is -0.465 e. The van der Waals surface area contributed by atoms with Crippen molar-refractivity contribution in [3.8, 4) is 0 Å². The first-order valence-electron chi connectivity index (χ1n) is 8.66. The van der Waals surface area contributed by atoms with Gasteiger partial charge in [-0.15, -0.1) is 0 Å². The summed E-state index contributed by atoms with van der Waals surface area (Å²) >= 11 is 0. The monoisotopic (exact) mass is 368 g/mol. The molecule has 1 N–H and O–H groups in total. The fourth-order valence-corrected chi connectivity index (χ4v) is 2.94. The van der Waals surface area contributed by atoms with Gasteiger partial charge in [-0.1, -0.05) is 24.3 Å². The van der Waals surface area contributed by atoms with Crippen LogP contribution in [-0.2, 0) is 14.3 Å². The van der Waals surface area contributed by atoms with E-state index in [1.807, 2.05) is 32.0 Å². The van der Waals surface area contributed by atoms with Crippen molar-refractivity contribution in [1.82, 2.24) is 0 Å². The Balaban J connectivity index is 2.07. The highest BCUT2D eigenvalue weighted by Crippen LogP contribution is 2.25. The number of nitrogens with zero attached hydrogens (tertiary/aromatic N) is 1. The van der Waals surface area contributed by atoms with Crippen LogP contribution in [0, 0.1) is 13.8 Å². The van der Waals surface area contributed by atoms with E-state index in [0.29, 0.717) is 11.3 Å². The Kier molecular flexibility index (Phi) is 6.71. The molecular weight excluding hydrogens is 344 g/mol. The lowest BCUT2D eigenvalue weighted by molar-refractivity contribution is -0.117. The van der Waals surface area contributed by atoms with Crippen LogP contribution >= 0.6 is 0 Å². The van der Waals surface area contributed by atoms with Crippen LogP contribution in [-0.4, -0.2) is 31.4 Å². The Morgan fingerprint density at radius 1 is 1.04 bits per heavy atom. The maximum Gasteiger partial charge on any atom is 0.337 e. The van der Waals surface area contributed by atoms with Crippen molar-refractivity contribution in [2.75, 3.05) is 23.9 Å². The molecule has 142 valence electrons. The Morgan fingerprint density at radius 3 is 2.26 bits per heavy atom. The lowest BCUT2D eigenvalue weighted by Crippen LogP contribution is -2.33. The summed E-state index contributed by atoms with van der Waals surface area (Å²) in [6, 6.07) is 12.3. The summed E-state index contributed by atoms with van der Waals surface area (Å²) in [5.74, 6) is -0.828. The van der Waals surface area contributed by atoms with Crippen LogP contribution in [0.3, 0.4) is 0 Å². The summed E-state index contributed by atoms with van der Waals surface area (Å²) in [6.45, 7) is 5.64. The Hall–Kier alpha value is -3.15. The molecule has 2 aromatic rings. The number of anilines is 2. The summed E-state index contributed by atoms with van der Waals surface area (Å²) in [6.07, 6.45) is 0.135. The van der Waals surface area contributed by atoms with E-state index in [4.69, 9.17) is 0 Å². The molecule has 0 aliphatic heterocycles. The summed E-state index contributed by atoms with van der Waals surface area (Å²) in [7, 11) is 1.30. The van der Waals surface area contributed by atoms with E-state index >= 15 is 0 Å². The van der Waals surface area contributed by atoms with Gasteiger partial charge in [0.15, 0.2) is 0 Å². The highest BCUT2D eigenvalue weighted by Gasteiger charge is 2.17. The zero-order chi connectivity index (χ0) is 20.0. The molecule has 2 aromatic carbocycles. The largest absolute Gasteiger partial charge is 0.465 e. The van der Waals surface area contributed by atoms with E-state index < -0.39 is 5.97 Å². The number of benzene rings is 2. The maximum atomic E-state index is 12.3. The van der Waals surface area contributed by atoms with Gasteiger partial charge in [-0.25, -0.2) is 4.79 Å². The van der Waals surface area contributed by atoms with Crippen molar-refractivity contribution in [3.05, 3.63) is 59.2 Å². The van der Waals surface area contributed by atoms with Gasteiger partial charge < -0.3 is 15.0 Å². The predicted molar refractivity (Wildman–Crippen MR) is 105 cm³/mol. The quantitative estimate of drug-likeness (QED) is 0.792. The summed E-state index contributed by atoms with van der Waals surface area (Å²) in [4.78, 5) is 37.6. The van der Waals surface area contributed by atoms with E-state index in [1.165, 1.54) is 14.0 Å². The number of carbonyl (C=O) groups is 3. The van der Waals surface area contributed by atoms with Crippen LogP contribution in [0.1, 0.15) is 34.8 Å². The molecule has 6 nitrogen and oxygen atoms in total. The smallest absolute Gasteiger partial charge is 0.337 e. The van der Waals surface area contributed by atoms with Gasteiger partial charge in [0.05, 0.1) is 12.7 Å². The summed E-state index contributed by atoms with van der Waals surface area (Å²) < 4.78 is 4.68. The number of methoxy groups -OCH3 is 1. The molecule has 0 aliphatic rings. The van der Waals surface area contributed by atoms with Crippen molar-refractivity contribution >= 4 is 29.2 Å². The van der Waals surface area contributed by atoms with Crippen molar-refractivity contribution in [3.63, 3.8) is 0 Å². The Morgan fingerprint density at radius 2 is 1.67 bits per heavy atom. The van der Waals surface area contributed by atoms with Crippen molar-refractivity contribution < 1.29 is 19.1 Å². The van der Waals surface area contributed by atoms with Crippen molar-refractivity contribution in [2.45, 2.75) is 27.2 Å². The number of esters is 1. The average molecular weight is 368 g/mol. The Labute approximate surface area is 159 Å². The highest BCUT2D eigenvalue weighted by molar-refractivity contribution is 5.97. The number of amides is 2. The fourth-order valence-electron chi connectivity index (χ4n) is 2.94. The minimum absolute atomic E-state index is 0.118. The van der Waals surface area contributed by atoms with Gasteiger partial charge in [0.2, 0.25) is 11.8 Å². The van der Waals surface area contributed by atoms with Gasteiger partial charge in [-0.3, -0.25) is 9.59 Å². The molecule has 0 atom stereocenters. The first-order valence-corrected chi connectivity index (χ1v) is 8.66. The van der Waals surface area contributed by atoms with Gasteiger partial charge in [-0.2, -0.15) is 0 Å². The number of hydrogen-bond acceptors (Lipinski definition) is 4. The van der Waals surface area contributed by atoms with Gasteiger partial charge in [-0.05, 0) is 43.2 Å². The number of nitrogens with one attached hydrogen (secondary N) is 1. The number of para-hydroxylation sites is 1. The first kappa shape index (κ1) is 20.2. The first-order chi connectivity index (χ1) is 12.8. The lowest BCUT2D eigenvalue weighted by atomic mass is 10.1. The fraction of sp³-hybridized carbons (Fsp3) is 0.286. The standard InChI is InChI=1S/C21H24N2O4/c1-14-7-5-8-15(2)20(14)23(16(3)24)12-11-19(25)22-18-10-6-9-17(13-18)21(26)27-4/h5-10,13H,11-12H2,1-4H3,(H,22,25). The van der Waals surface area contributed by atoms with E-state index in [1.54, 1.807) is 29.2 Å². The molecular formula is C21H24N2O4. The van der Waals surface area contributed by atoms with Crippen LogP contribution < -0.4 is 10.2 Å². The maximum absolute atomic E-state index is 12.3. The van der Waals surface area contributed by atoms with E-state index in [2.05, 4.69) is 10.1 Å². The van der Waals surface area contributed by atoms with Gasteiger partial charge >= 0.3 is 5.97 Å². The SMILES string of the molecule is COC(=O)c1cccc(NC(=O)CCN(C(C)=O)c2c(C)cccc2C)c1. The molecule has 0 bridgehead atoms. The zero-order valence-corrected chi connectivity index (χ0v) is 16.0. The third-order valence-electron chi connectivity index (χ3n) is 4.22. The number of carbonyl (C=O) groups excluding carboxylic acids is 3. The van der Waals surface area contributed by atoms with Gasteiger partial charge in [0.25, 0.3) is 0 Å². The second-order valence-corrected chi connectivity index (χ2v) is 6.28. The summed E-state index contributed by atoms with van der Waals surface area (Å²) in [5.41, 5.74) is 3.67. The lowest BCUT2D eigenvalue weighted by Gasteiger charge is -2.25.